The highest BCUT2D eigenvalue weighted by atomic mass is 35.5. The first-order chi connectivity index (χ1) is 10.2. The Bertz CT molecular complexity index is 634. The quantitative estimate of drug-likeness (QED) is 0.861. The second kappa shape index (κ2) is 6.62. The van der Waals surface area contributed by atoms with Crippen LogP contribution in [0.1, 0.15) is 39.4 Å². The van der Waals surface area contributed by atoms with Gasteiger partial charge in [-0.25, -0.2) is 0 Å². The molecule has 0 radical (unpaired) electrons. The van der Waals surface area contributed by atoms with Gasteiger partial charge in [0, 0.05) is 23.4 Å². The number of aromatic nitrogens is 2. The Kier molecular flexibility index (Phi) is 5.22. The summed E-state index contributed by atoms with van der Waals surface area (Å²) < 4.78 is 16.8. The molecule has 0 aliphatic rings. The molecule has 22 heavy (non-hydrogen) atoms. The average Bonchev–Trinajstić information content (AvgIpc) is 2.81. The highest BCUT2D eigenvalue weighted by Crippen LogP contribution is 2.25. The number of aryl methyl sites for hydroxylation is 1. The Morgan fingerprint density at radius 3 is 2.41 bits per heavy atom. The first-order valence-corrected chi connectivity index (χ1v) is 8.69. The summed E-state index contributed by atoms with van der Waals surface area (Å²) in [5.74, 6) is 0. The topological polar surface area (TPSA) is 52.9 Å². The smallest absolute Gasteiger partial charge is 0.136 e. The Morgan fingerprint density at radius 1 is 1.27 bits per heavy atom. The summed E-state index contributed by atoms with van der Waals surface area (Å²) in [4.78, 5) is 0. The minimum atomic E-state index is -1.13. The van der Waals surface area contributed by atoms with E-state index in [1.165, 1.54) is 0 Å². The molecule has 2 rings (SSSR count). The third kappa shape index (κ3) is 4.04. The van der Waals surface area contributed by atoms with E-state index in [-0.39, 0.29) is 10.8 Å². The zero-order chi connectivity index (χ0) is 16.5. The molecule has 0 saturated carbocycles. The van der Waals surface area contributed by atoms with Gasteiger partial charge in [-0.05, 0) is 51.5 Å². The Labute approximate surface area is 140 Å². The van der Waals surface area contributed by atoms with Gasteiger partial charge in [-0.2, -0.15) is 5.10 Å². The van der Waals surface area contributed by atoms with Gasteiger partial charge in [0.1, 0.15) is 4.75 Å². The maximum Gasteiger partial charge on any atom is 0.136 e. The van der Waals surface area contributed by atoms with Crippen LogP contribution in [0, 0.1) is 0 Å². The molecular formula is C16H22ClN3OS. The van der Waals surface area contributed by atoms with Gasteiger partial charge in [-0.1, -0.05) is 23.7 Å². The molecule has 1 heterocycles. The maximum atomic E-state index is 12.2. The maximum absolute atomic E-state index is 12.2. The van der Waals surface area contributed by atoms with Crippen LogP contribution in [0.2, 0.25) is 5.02 Å². The number of benzene rings is 1. The summed E-state index contributed by atoms with van der Waals surface area (Å²) in [5, 5.41) is 5.24. The molecule has 2 aromatic rings. The highest BCUT2D eigenvalue weighted by Gasteiger charge is 2.29. The van der Waals surface area contributed by atoms with Crippen LogP contribution in [0.15, 0.2) is 30.3 Å². The summed E-state index contributed by atoms with van der Waals surface area (Å²) in [7, 11) is 1.90. The van der Waals surface area contributed by atoms with Crippen molar-refractivity contribution in [3.63, 3.8) is 0 Å². The van der Waals surface area contributed by atoms with Crippen LogP contribution < -0.4 is 4.72 Å². The molecule has 0 aliphatic heterocycles. The van der Waals surface area contributed by atoms with E-state index in [2.05, 4.69) is 9.82 Å². The molecule has 4 nitrogen and oxygen atoms in total. The fourth-order valence-electron chi connectivity index (χ4n) is 1.99. The number of halogens is 1. The molecule has 120 valence electrons. The van der Waals surface area contributed by atoms with Crippen LogP contribution in [-0.2, 0) is 18.4 Å². The molecule has 0 saturated heterocycles. The van der Waals surface area contributed by atoms with Crippen molar-refractivity contribution < 1.29 is 4.55 Å². The van der Waals surface area contributed by atoms with Gasteiger partial charge in [0.2, 0.25) is 0 Å². The second-order valence-corrected chi connectivity index (χ2v) is 8.74. The Morgan fingerprint density at radius 2 is 1.86 bits per heavy atom. The van der Waals surface area contributed by atoms with Crippen molar-refractivity contribution in [3.8, 4) is 11.3 Å². The summed E-state index contributed by atoms with van der Waals surface area (Å²) in [6, 6.07) is 9.58. The van der Waals surface area contributed by atoms with Crippen LogP contribution in [0.3, 0.4) is 0 Å². The molecule has 2 atom stereocenters. The zero-order valence-corrected chi connectivity index (χ0v) is 15.1. The van der Waals surface area contributed by atoms with E-state index in [0.29, 0.717) is 5.02 Å². The van der Waals surface area contributed by atoms with Crippen molar-refractivity contribution >= 4 is 23.0 Å². The van der Waals surface area contributed by atoms with Crippen LogP contribution in [-0.4, -0.2) is 19.1 Å². The van der Waals surface area contributed by atoms with Crippen LogP contribution in [0.25, 0.3) is 11.3 Å². The predicted octanol–water partition coefficient (Wildman–Crippen LogP) is 3.85. The van der Waals surface area contributed by atoms with Gasteiger partial charge in [0.15, 0.2) is 0 Å². The molecule has 1 aromatic heterocycles. The van der Waals surface area contributed by atoms with E-state index in [1.54, 1.807) is 0 Å². The van der Waals surface area contributed by atoms with Gasteiger partial charge in [-0.15, -0.1) is 4.72 Å². The van der Waals surface area contributed by atoms with E-state index in [4.69, 9.17) is 11.6 Å². The average molecular weight is 340 g/mol. The summed E-state index contributed by atoms with van der Waals surface area (Å²) in [6.07, 6.45) is 0. The van der Waals surface area contributed by atoms with E-state index < -0.39 is 11.4 Å². The molecule has 0 spiro atoms. The molecule has 0 aliphatic carbocycles. The minimum absolute atomic E-state index is 0.0905. The molecule has 1 N–H and O–H groups in total. The third-order valence-corrected chi connectivity index (χ3v) is 5.25. The SMILES string of the molecule is C[C@@H](N[S+]([O-])C(C)(C)C)c1cc(-c2ccc(Cl)cc2)n(C)n1. The number of nitrogens with zero attached hydrogens (tertiary/aromatic N) is 2. The molecule has 0 bridgehead atoms. The van der Waals surface area contributed by atoms with Crippen molar-refractivity contribution in [2.75, 3.05) is 0 Å². The lowest BCUT2D eigenvalue weighted by molar-refractivity contribution is 0.527. The van der Waals surface area contributed by atoms with Crippen molar-refractivity contribution in [2.24, 2.45) is 7.05 Å². The van der Waals surface area contributed by atoms with Crippen LogP contribution in [0.4, 0.5) is 0 Å². The normalized spacial score (nSPS) is 14.9. The second-order valence-electron chi connectivity index (χ2n) is 6.31. The van der Waals surface area contributed by atoms with Crippen molar-refractivity contribution in [1.82, 2.24) is 14.5 Å². The monoisotopic (exact) mass is 339 g/mol. The third-order valence-electron chi connectivity index (χ3n) is 3.32. The van der Waals surface area contributed by atoms with Gasteiger partial charge >= 0.3 is 0 Å². The Hall–Kier alpha value is -1.01. The number of hydrogen-bond donors (Lipinski definition) is 1. The van der Waals surface area contributed by atoms with Gasteiger partial charge in [0.05, 0.1) is 17.4 Å². The van der Waals surface area contributed by atoms with Crippen molar-refractivity contribution in [3.05, 3.63) is 41.0 Å². The van der Waals surface area contributed by atoms with E-state index >= 15 is 0 Å². The van der Waals surface area contributed by atoms with Crippen LogP contribution in [0.5, 0.6) is 0 Å². The van der Waals surface area contributed by atoms with Gasteiger partial charge in [-0.3, -0.25) is 4.68 Å². The predicted molar refractivity (Wildman–Crippen MR) is 93.1 cm³/mol. The van der Waals surface area contributed by atoms with E-state index in [1.807, 2.05) is 69.8 Å². The van der Waals surface area contributed by atoms with E-state index in [0.717, 1.165) is 17.0 Å². The lowest BCUT2D eigenvalue weighted by Gasteiger charge is -2.25. The van der Waals surface area contributed by atoms with Gasteiger partial charge in [0.25, 0.3) is 0 Å². The Balaban J connectivity index is 2.20. The van der Waals surface area contributed by atoms with Crippen molar-refractivity contribution in [1.29, 1.82) is 0 Å². The largest absolute Gasteiger partial charge is 0.598 e. The van der Waals surface area contributed by atoms with E-state index in [9.17, 15) is 4.55 Å². The molecule has 1 unspecified atom stereocenters. The standard InChI is InChI=1S/C16H22ClN3OS/c1-11(19-22(21)16(2,3)4)14-10-15(20(5)18-14)12-6-8-13(17)9-7-12/h6-11,19H,1-5H3/t11-,22?/m1/s1. The molecule has 1 aromatic carbocycles. The highest BCUT2D eigenvalue weighted by molar-refractivity contribution is 7.90. The number of rotatable bonds is 4. The number of hydrogen-bond acceptors (Lipinski definition) is 3. The lowest BCUT2D eigenvalue weighted by atomic mass is 10.1. The lowest BCUT2D eigenvalue weighted by Crippen LogP contribution is -2.40. The van der Waals surface area contributed by atoms with Crippen molar-refractivity contribution in [2.45, 2.75) is 38.5 Å². The fourth-order valence-corrected chi connectivity index (χ4v) is 2.91. The summed E-state index contributed by atoms with van der Waals surface area (Å²) >= 11 is 4.80. The molecular weight excluding hydrogens is 318 g/mol. The minimum Gasteiger partial charge on any atom is -0.598 e. The summed E-state index contributed by atoms with van der Waals surface area (Å²) in [5.41, 5.74) is 2.92. The molecule has 6 heteroatoms. The number of nitrogens with one attached hydrogen (secondary N) is 1. The zero-order valence-electron chi connectivity index (χ0n) is 13.6. The first kappa shape index (κ1) is 17.3. The van der Waals surface area contributed by atoms with Crippen LogP contribution >= 0.6 is 11.6 Å². The van der Waals surface area contributed by atoms with Gasteiger partial charge < -0.3 is 4.55 Å². The molecule has 0 amide bonds. The summed E-state index contributed by atoms with van der Waals surface area (Å²) in [6.45, 7) is 7.80. The fraction of sp³-hybridized carbons (Fsp3) is 0.438. The molecule has 0 fully saturated rings. The first-order valence-electron chi connectivity index (χ1n) is 7.16.